The SMILES string of the molecule is CCCNC(=O)[C@@H](CC)N(Cc1ccccc1)C(=O)CN(c1ccccc1)S(=O)(=O)c1ccc(OC)cc1. The van der Waals surface area contributed by atoms with Crippen LogP contribution in [0.25, 0.3) is 0 Å². The topological polar surface area (TPSA) is 96.0 Å². The second-order valence-corrected chi connectivity index (χ2v) is 10.6. The van der Waals surface area contributed by atoms with Gasteiger partial charge in [0.1, 0.15) is 18.3 Å². The van der Waals surface area contributed by atoms with E-state index < -0.39 is 28.5 Å². The highest BCUT2D eigenvalue weighted by atomic mass is 32.2. The first kappa shape index (κ1) is 28.7. The number of nitrogens with one attached hydrogen (secondary N) is 1. The van der Waals surface area contributed by atoms with E-state index in [0.29, 0.717) is 24.4 Å². The Kier molecular flexibility index (Phi) is 10.3. The van der Waals surface area contributed by atoms with Crippen molar-refractivity contribution in [1.82, 2.24) is 10.2 Å². The summed E-state index contributed by atoms with van der Waals surface area (Å²) in [6.45, 7) is 3.98. The van der Waals surface area contributed by atoms with Crippen LogP contribution in [0, 0.1) is 0 Å². The average molecular weight is 538 g/mol. The highest BCUT2D eigenvalue weighted by molar-refractivity contribution is 7.92. The van der Waals surface area contributed by atoms with Gasteiger partial charge in [0.2, 0.25) is 11.8 Å². The Balaban J connectivity index is 2.01. The minimum absolute atomic E-state index is 0.0253. The zero-order chi connectivity index (χ0) is 27.5. The minimum Gasteiger partial charge on any atom is -0.497 e. The highest BCUT2D eigenvalue weighted by Crippen LogP contribution is 2.26. The molecule has 1 atom stereocenters. The molecule has 1 N–H and O–H groups in total. The van der Waals surface area contributed by atoms with Gasteiger partial charge in [0.05, 0.1) is 17.7 Å². The number of nitrogens with zero attached hydrogens (tertiary/aromatic N) is 2. The van der Waals surface area contributed by atoms with Crippen LogP contribution in [0.5, 0.6) is 5.75 Å². The fraction of sp³-hybridized carbons (Fsp3) is 0.310. The zero-order valence-corrected chi connectivity index (χ0v) is 22.9. The molecule has 2 amide bonds. The number of carbonyl (C=O) groups excluding carboxylic acids is 2. The summed E-state index contributed by atoms with van der Waals surface area (Å²) in [5.41, 5.74) is 1.19. The van der Waals surface area contributed by atoms with Crippen LogP contribution < -0.4 is 14.4 Å². The van der Waals surface area contributed by atoms with Crippen molar-refractivity contribution >= 4 is 27.5 Å². The summed E-state index contributed by atoms with van der Waals surface area (Å²) in [6, 6.07) is 23.1. The third kappa shape index (κ3) is 7.13. The predicted molar refractivity (Wildman–Crippen MR) is 148 cm³/mol. The molecule has 3 rings (SSSR count). The number of anilines is 1. The van der Waals surface area contributed by atoms with Gasteiger partial charge in [-0.25, -0.2) is 8.42 Å². The molecule has 3 aromatic rings. The minimum atomic E-state index is -4.12. The van der Waals surface area contributed by atoms with Gasteiger partial charge in [-0.05, 0) is 54.8 Å². The summed E-state index contributed by atoms with van der Waals surface area (Å²) < 4.78 is 33.8. The quantitative estimate of drug-likeness (QED) is 0.352. The van der Waals surface area contributed by atoms with E-state index in [4.69, 9.17) is 4.74 Å². The standard InChI is InChI=1S/C29H35N3O5S/c1-4-20-30-29(34)27(5-2)31(21-23-12-8-6-9-13-23)28(33)22-32(24-14-10-7-11-15-24)38(35,36)26-18-16-25(37-3)17-19-26/h6-19,27H,4-5,20-22H2,1-3H3,(H,30,34)/t27-/m1/s1. The fourth-order valence-electron chi connectivity index (χ4n) is 4.06. The Morgan fingerprint density at radius 3 is 2.05 bits per heavy atom. The molecule has 0 saturated carbocycles. The number of rotatable bonds is 13. The Bertz CT molecular complexity index is 1280. The van der Waals surface area contributed by atoms with Crippen molar-refractivity contribution in [3.8, 4) is 5.75 Å². The number of methoxy groups -OCH3 is 1. The molecule has 0 spiro atoms. The van der Waals surface area contributed by atoms with E-state index in [0.717, 1.165) is 16.3 Å². The van der Waals surface area contributed by atoms with Gasteiger partial charge >= 0.3 is 0 Å². The maximum absolute atomic E-state index is 13.9. The summed E-state index contributed by atoms with van der Waals surface area (Å²) in [4.78, 5) is 28.5. The molecule has 0 unspecified atom stereocenters. The van der Waals surface area contributed by atoms with Gasteiger partial charge in [-0.1, -0.05) is 62.4 Å². The number of hydrogen-bond donors (Lipinski definition) is 1. The lowest BCUT2D eigenvalue weighted by Crippen LogP contribution is -2.52. The van der Waals surface area contributed by atoms with Crippen molar-refractivity contribution in [1.29, 1.82) is 0 Å². The molecule has 0 bridgehead atoms. The Morgan fingerprint density at radius 1 is 0.895 bits per heavy atom. The van der Waals surface area contributed by atoms with Crippen LogP contribution >= 0.6 is 0 Å². The summed E-state index contributed by atoms with van der Waals surface area (Å²) >= 11 is 0. The molecule has 0 heterocycles. The third-order valence-electron chi connectivity index (χ3n) is 6.10. The summed E-state index contributed by atoms with van der Waals surface area (Å²) in [6.07, 6.45) is 1.14. The van der Waals surface area contributed by atoms with Crippen LogP contribution in [-0.2, 0) is 26.2 Å². The maximum Gasteiger partial charge on any atom is 0.264 e. The maximum atomic E-state index is 13.9. The van der Waals surface area contributed by atoms with Crippen LogP contribution in [0.4, 0.5) is 5.69 Å². The van der Waals surface area contributed by atoms with Crippen LogP contribution in [0.15, 0.2) is 89.8 Å². The van der Waals surface area contributed by atoms with E-state index >= 15 is 0 Å². The lowest BCUT2D eigenvalue weighted by atomic mass is 10.1. The first-order chi connectivity index (χ1) is 18.3. The first-order valence-electron chi connectivity index (χ1n) is 12.6. The monoisotopic (exact) mass is 537 g/mol. The number of carbonyl (C=O) groups is 2. The van der Waals surface area contributed by atoms with Crippen LogP contribution in [0.3, 0.4) is 0 Å². The first-order valence-corrected chi connectivity index (χ1v) is 14.1. The van der Waals surface area contributed by atoms with E-state index in [2.05, 4.69) is 5.32 Å². The molecular weight excluding hydrogens is 502 g/mol. The fourth-order valence-corrected chi connectivity index (χ4v) is 5.48. The van der Waals surface area contributed by atoms with Gasteiger partial charge in [0.25, 0.3) is 10.0 Å². The molecule has 202 valence electrons. The van der Waals surface area contributed by atoms with Crippen molar-refractivity contribution in [2.45, 2.75) is 44.2 Å². The van der Waals surface area contributed by atoms with Crippen LogP contribution in [0.2, 0.25) is 0 Å². The predicted octanol–water partition coefficient (Wildman–Crippen LogP) is 4.22. The lowest BCUT2D eigenvalue weighted by molar-refractivity contribution is -0.140. The Hall–Kier alpha value is -3.85. The largest absolute Gasteiger partial charge is 0.497 e. The summed E-state index contributed by atoms with van der Waals surface area (Å²) in [5.74, 6) is -0.222. The van der Waals surface area contributed by atoms with E-state index in [9.17, 15) is 18.0 Å². The van der Waals surface area contributed by atoms with Gasteiger partial charge in [0, 0.05) is 13.1 Å². The van der Waals surface area contributed by atoms with Crippen molar-refractivity contribution < 1.29 is 22.7 Å². The second-order valence-electron chi connectivity index (χ2n) is 8.75. The van der Waals surface area contributed by atoms with Crippen LogP contribution in [0.1, 0.15) is 32.3 Å². The zero-order valence-electron chi connectivity index (χ0n) is 22.0. The number of sulfonamides is 1. The van der Waals surface area contributed by atoms with E-state index in [1.807, 2.05) is 44.2 Å². The molecule has 0 aliphatic carbocycles. The molecule has 9 heteroatoms. The molecule has 8 nitrogen and oxygen atoms in total. The number of hydrogen-bond acceptors (Lipinski definition) is 5. The number of ether oxygens (including phenoxy) is 1. The van der Waals surface area contributed by atoms with Gasteiger partial charge in [-0.3, -0.25) is 13.9 Å². The molecule has 0 aliphatic rings. The molecule has 0 fully saturated rings. The van der Waals surface area contributed by atoms with E-state index in [1.54, 1.807) is 42.5 Å². The molecule has 0 saturated heterocycles. The molecule has 0 aliphatic heterocycles. The van der Waals surface area contributed by atoms with Crippen molar-refractivity contribution in [2.75, 3.05) is 24.5 Å². The number of para-hydroxylation sites is 1. The average Bonchev–Trinajstić information content (AvgIpc) is 2.95. The Labute approximate surface area is 225 Å². The van der Waals surface area contributed by atoms with E-state index in [1.165, 1.54) is 24.1 Å². The van der Waals surface area contributed by atoms with E-state index in [-0.39, 0.29) is 17.3 Å². The molecule has 38 heavy (non-hydrogen) atoms. The highest BCUT2D eigenvalue weighted by Gasteiger charge is 2.33. The van der Waals surface area contributed by atoms with Gasteiger partial charge < -0.3 is 15.0 Å². The smallest absolute Gasteiger partial charge is 0.264 e. The molecular formula is C29H35N3O5S. The number of amides is 2. The van der Waals surface area contributed by atoms with Gasteiger partial charge in [-0.15, -0.1) is 0 Å². The van der Waals surface area contributed by atoms with Crippen LogP contribution in [-0.4, -0.2) is 51.4 Å². The van der Waals surface area contributed by atoms with Gasteiger partial charge in [-0.2, -0.15) is 0 Å². The normalized spacial score (nSPS) is 11.9. The van der Waals surface area contributed by atoms with Gasteiger partial charge in [0.15, 0.2) is 0 Å². The van der Waals surface area contributed by atoms with Crippen molar-refractivity contribution in [2.24, 2.45) is 0 Å². The summed E-state index contributed by atoms with van der Waals surface area (Å²) in [7, 11) is -2.62. The molecule has 0 aromatic heterocycles. The van der Waals surface area contributed by atoms with Crippen molar-refractivity contribution in [3.05, 3.63) is 90.5 Å². The lowest BCUT2D eigenvalue weighted by Gasteiger charge is -2.33. The molecule has 0 radical (unpaired) electrons. The molecule has 3 aromatic carbocycles. The van der Waals surface area contributed by atoms with Crippen molar-refractivity contribution in [3.63, 3.8) is 0 Å². The second kappa shape index (κ2) is 13.6. The number of benzene rings is 3. The Morgan fingerprint density at radius 2 is 1.50 bits per heavy atom. The summed E-state index contributed by atoms with van der Waals surface area (Å²) in [5, 5.41) is 2.88. The third-order valence-corrected chi connectivity index (χ3v) is 7.89.